The SMILES string of the molecule is CNS(=O)(=O)c1cc(C(=O)Nc2nc3c(s2)CCCCCC3)cc(C)c1C. The summed E-state index contributed by atoms with van der Waals surface area (Å²) < 4.78 is 26.8. The minimum Gasteiger partial charge on any atom is -0.298 e. The molecule has 0 aliphatic heterocycles. The first-order valence-electron chi connectivity index (χ1n) is 9.16. The van der Waals surface area contributed by atoms with Crippen molar-refractivity contribution in [1.29, 1.82) is 0 Å². The van der Waals surface area contributed by atoms with Crippen molar-refractivity contribution in [3.8, 4) is 0 Å². The van der Waals surface area contributed by atoms with E-state index in [0.717, 1.165) is 36.9 Å². The van der Waals surface area contributed by atoms with E-state index < -0.39 is 10.0 Å². The smallest absolute Gasteiger partial charge is 0.257 e. The second kappa shape index (κ2) is 8.08. The van der Waals surface area contributed by atoms with E-state index in [2.05, 4.69) is 15.0 Å². The summed E-state index contributed by atoms with van der Waals surface area (Å²) in [6, 6.07) is 3.13. The van der Waals surface area contributed by atoms with E-state index in [4.69, 9.17) is 0 Å². The lowest BCUT2D eigenvalue weighted by Gasteiger charge is -2.12. The number of sulfonamides is 1. The van der Waals surface area contributed by atoms with E-state index in [1.54, 1.807) is 19.9 Å². The number of carbonyl (C=O) groups is 1. The monoisotopic (exact) mass is 407 g/mol. The van der Waals surface area contributed by atoms with Gasteiger partial charge in [-0.15, -0.1) is 11.3 Å². The Kier molecular flexibility index (Phi) is 5.98. The molecular formula is C19H25N3O3S2. The first-order valence-corrected chi connectivity index (χ1v) is 11.5. The topological polar surface area (TPSA) is 88.2 Å². The molecule has 1 aromatic heterocycles. The number of benzene rings is 1. The highest BCUT2D eigenvalue weighted by Gasteiger charge is 2.21. The lowest BCUT2D eigenvalue weighted by atomic mass is 10.0. The molecule has 1 aromatic carbocycles. The molecule has 6 nitrogen and oxygen atoms in total. The first kappa shape index (κ1) is 20.0. The summed E-state index contributed by atoms with van der Waals surface area (Å²) in [5.41, 5.74) is 2.80. The highest BCUT2D eigenvalue weighted by molar-refractivity contribution is 7.89. The third-order valence-electron chi connectivity index (χ3n) is 5.01. The van der Waals surface area contributed by atoms with Gasteiger partial charge in [0.05, 0.1) is 10.6 Å². The first-order chi connectivity index (χ1) is 12.8. The van der Waals surface area contributed by atoms with Gasteiger partial charge in [-0.2, -0.15) is 0 Å². The second-order valence-corrected chi connectivity index (χ2v) is 9.82. The number of hydrogen-bond acceptors (Lipinski definition) is 5. The molecule has 2 aromatic rings. The highest BCUT2D eigenvalue weighted by Crippen LogP contribution is 2.29. The van der Waals surface area contributed by atoms with Crippen molar-refractivity contribution in [1.82, 2.24) is 9.71 Å². The fourth-order valence-electron chi connectivity index (χ4n) is 3.28. The second-order valence-electron chi connectivity index (χ2n) is 6.88. The molecule has 0 unspecified atom stereocenters. The molecular weight excluding hydrogens is 382 g/mol. The summed E-state index contributed by atoms with van der Waals surface area (Å²) >= 11 is 1.53. The molecule has 1 amide bonds. The number of fused-ring (bicyclic) bond motifs is 1. The number of rotatable bonds is 4. The molecule has 1 aliphatic rings. The van der Waals surface area contributed by atoms with Gasteiger partial charge >= 0.3 is 0 Å². The lowest BCUT2D eigenvalue weighted by molar-refractivity contribution is 0.102. The van der Waals surface area contributed by atoms with Crippen molar-refractivity contribution >= 4 is 32.4 Å². The molecule has 8 heteroatoms. The van der Waals surface area contributed by atoms with Gasteiger partial charge in [0, 0.05) is 10.4 Å². The number of anilines is 1. The Hall–Kier alpha value is -1.77. The molecule has 1 heterocycles. The Morgan fingerprint density at radius 3 is 2.52 bits per heavy atom. The average molecular weight is 408 g/mol. The Balaban J connectivity index is 1.88. The summed E-state index contributed by atoms with van der Waals surface area (Å²) in [6.07, 6.45) is 6.72. The molecule has 27 heavy (non-hydrogen) atoms. The van der Waals surface area contributed by atoms with Gasteiger partial charge in [0.15, 0.2) is 5.13 Å². The van der Waals surface area contributed by atoms with E-state index in [1.807, 2.05) is 0 Å². The van der Waals surface area contributed by atoms with Crippen molar-refractivity contribution in [2.75, 3.05) is 12.4 Å². The predicted molar refractivity (Wildman–Crippen MR) is 108 cm³/mol. The number of nitrogens with one attached hydrogen (secondary N) is 2. The fraction of sp³-hybridized carbons (Fsp3) is 0.474. The number of aromatic nitrogens is 1. The van der Waals surface area contributed by atoms with Crippen LogP contribution in [0.2, 0.25) is 0 Å². The fourth-order valence-corrected chi connectivity index (χ4v) is 5.39. The number of thiazole rings is 1. The molecule has 0 atom stereocenters. The van der Waals surface area contributed by atoms with Gasteiger partial charge in [-0.1, -0.05) is 12.8 Å². The van der Waals surface area contributed by atoms with Gasteiger partial charge in [0.25, 0.3) is 5.91 Å². The number of aryl methyl sites for hydroxylation is 3. The molecule has 0 radical (unpaired) electrons. The third-order valence-corrected chi connectivity index (χ3v) is 7.62. The zero-order valence-corrected chi connectivity index (χ0v) is 17.5. The molecule has 2 N–H and O–H groups in total. The van der Waals surface area contributed by atoms with E-state index in [9.17, 15) is 13.2 Å². The standard InChI is InChI=1S/C19H25N3O3S2/c1-12-10-14(11-17(13(12)2)27(24,25)20-3)18(23)22-19-21-15-8-6-4-5-7-9-16(15)26-19/h10-11,20H,4-9H2,1-3H3,(H,21,22,23). The van der Waals surface area contributed by atoms with E-state index in [1.165, 1.54) is 42.2 Å². The van der Waals surface area contributed by atoms with Gasteiger partial charge in [0.1, 0.15) is 0 Å². The molecule has 1 aliphatic carbocycles. The minimum absolute atomic E-state index is 0.126. The number of amides is 1. The summed E-state index contributed by atoms with van der Waals surface area (Å²) in [5.74, 6) is -0.340. The van der Waals surface area contributed by atoms with Gasteiger partial charge in [0.2, 0.25) is 10.0 Å². The highest BCUT2D eigenvalue weighted by atomic mass is 32.2. The van der Waals surface area contributed by atoms with Crippen LogP contribution < -0.4 is 10.0 Å². The van der Waals surface area contributed by atoms with Crippen molar-refractivity contribution in [3.63, 3.8) is 0 Å². The van der Waals surface area contributed by atoms with Crippen LogP contribution in [0.5, 0.6) is 0 Å². The normalized spacial score (nSPS) is 14.9. The molecule has 0 bridgehead atoms. The summed E-state index contributed by atoms with van der Waals surface area (Å²) in [6.45, 7) is 3.54. The van der Waals surface area contributed by atoms with E-state index in [0.29, 0.717) is 16.3 Å². The van der Waals surface area contributed by atoms with Gasteiger partial charge in [-0.3, -0.25) is 10.1 Å². The van der Waals surface area contributed by atoms with Crippen LogP contribution in [-0.2, 0) is 22.9 Å². The van der Waals surface area contributed by atoms with Crippen molar-refractivity contribution in [2.45, 2.75) is 57.3 Å². The van der Waals surface area contributed by atoms with Crippen LogP contribution in [-0.4, -0.2) is 26.4 Å². The van der Waals surface area contributed by atoms with E-state index in [-0.39, 0.29) is 10.8 Å². The van der Waals surface area contributed by atoms with Crippen LogP contribution in [0.15, 0.2) is 17.0 Å². The maximum atomic E-state index is 12.7. The Morgan fingerprint density at radius 1 is 1.11 bits per heavy atom. The van der Waals surface area contributed by atoms with Gasteiger partial charge in [-0.05, 0) is 69.8 Å². The Morgan fingerprint density at radius 2 is 1.81 bits per heavy atom. The van der Waals surface area contributed by atoms with Crippen LogP contribution >= 0.6 is 11.3 Å². The van der Waals surface area contributed by atoms with Gasteiger partial charge in [-0.25, -0.2) is 18.1 Å². The van der Waals surface area contributed by atoms with Crippen LogP contribution in [0.1, 0.15) is 57.7 Å². The third kappa shape index (κ3) is 4.39. The van der Waals surface area contributed by atoms with E-state index >= 15 is 0 Å². The molecule has 0 saturated carbocycles. The predicted octanol–water partition coefficient (Wildman–Crippen LogP) is 3.58. The molecule has 0 spiro atoms. The molecule has 0 fully saturated rings. The quantitative estimate of drug-likeness (QED) is 0.811. The van der Waals surface area contributed by atoms with Crippen molar-refractivity contribution in [3.05, 3.63) is 39.4 Å². The lowest BCUT2D eigenvalue weighted by Crippen LogP contribution is -2.21. The van der Waals surface area contributed by atoms with Crippen molar-refractivity contribution < 1.29 is 13.2 Å². The molecule has 3 rings (SSSR count). The average Bonchev–Trinajstić information content (AvgIpc) is 2.97. The maximum absolute atomic E-state index is 12.7. The van der Waals surface area contributed by atoms with Crippen LogP contribution in [0, 0.1) is 13.8 Å². The number of hydrogen-bond donors (Lipinski definition) is 2. The number of nitrogens with zero attached hydrogens (tertiary/aromatic N) is 1. The minimum atomic E-state index is -3.63. The van der Waals surface area contributed by atoms with Crippen LogP contribution in [0.4, 0.5) is 5.13 Å². The number of carbonyl (C=O) groups excluding carboxylic acids is 1. The van der Waals surface area contributed by atoms with Crippen LogP contribution in [0.3, 0.4) is 0 Å². The summed E-state index contributed by atoms with van der Waals surface area (Å²) in [4.78, 5) is 18.7. The Bertz CT molecular complexity index is 939. The maximum Gasteiger partial charge on any atom is 0.257 e. The van der Waals surface area contributed by atoms with Crippen molar-refractivity contribution in [2.24, 2.45) is 0 Å². The molecule has 146 valence electrons. The largest absolute Gasteiger partial charge is 0.298 e. The Labute approximate surface area is 164 Å². The van der Waals surface area contributed by atoms with Gasteiger partial charge < -0.3 is 0 Å². The summed E-state index contributed by atoms with van der Waals surface area (Å²) in [5, 5.41) is 3.44. The summed E-state index contributed by atoms with van der Waals surface area (Å²) in [7, 11) is -2.27. The zero-order valence-electron chi connectivity index (χ0n) is 15.9. The zero-order chi connectivity index (χ0) is 19.6. The molecule has 0 saturated heterocycles. The van der Waals surface area contributed by atoms with Crippen LogP contribution in [0.25, 0.3) is 0 Å².